The molecule has 1 fully saturated rings. The molecule has 0 aromatic heterocycles. The van der Waals surface area contributed by atoms with Gasteiger partial charge in [-0.1, -0.05) is 32.0 Å². The lowest BCUT2D eigenvalue weighted by Crippen LogP contribution is -2.43. The van der Waals surface area contributed by atoms with Crippen LogP contribution in [0, 0.1) is 17.7 Å². The van der Waals surface area contributed by atoms with Crippen molar-refractivity contribution < 1.29 is 9.18 Å². The Morgan fingerprint density at radius 3 is 2.70 bits per heavy atom. The van der Waals surface area contributed by atoms with Gasteiger partial charge in [-0.05, 0) is 56.3 Å². The smallest absolute Gasteiger partial charge is 0.225 e. The van der Waals surface area contributed by atoms with E-state index in [0.29, 0.717) is 24.3 Å². The molecule has 1 aromatic carbocycles. The molecule has 2 rings (SSSR count). The van der Waals surface area contributed by atoms with Crippen LogP contribution in [-0.2, 0) is 11.2 Å². The van der Waals surface area contributed by atoms with Crippen LogP contribution in [0.3, 0.4) is 0 Å². The quantitative estimate of drug-likeness (QED) is 0.836. The van der Waals surface area contributed by atoms with Gasteiger partial charge in [0.2, 0.25) is 5.91 Å². The van der Waals surface area contributed by atoms with Gasteiger partial charge in [0.05, 0.1) is 0 Å². The Bertz CT molecular complexity index is 498. The van der Waals surface area contributed by atoms with Crippen LogP contribution in [0.5, 0.6) is 0 Å². The maximum Gasteiger partial charge on any atom is 0.225 e. The molecule has 1 saturated heterocycles. The van der Waals surface area contributed by atoms with Crippen LogP contribution < -0.4 is 5.32 Å². The normalized spacial score (nSPS) is 17.3. The second-order valence-electron chi connectivity index (χ2n) is 6.61. The second-order valence-corrected chi connectivity index (χ2v) is 6.61. The highest BCUT2D eigenvalue weighted by molar-refractivity contribution is 5.78. The number of piperidine rings is 1. The summed E-state index contributed by atoms with van der Waals surface area (Å²) in [7, 11) is 0. The van der Waals surface area contributed by atoms with Crippen molar-refractivity contribution in [1.82, 2.24) is 10.2 Å². The number of nitrogens with zero attached hydrogens (tertiary/aromatic N) is 1. The van der Waals surface area contributed by atoms with E-state index in [1.165, 1.54) is 6.07 Å². The van der Waals surface area contributed by atoms with E-state index >= 15 is 0 Å². The predicted molar refractivity (Wildman–Crippen MR) is 91.7 cm³/mol. The molecule has 0 bridgehead atoms. The molecule has 4 heteroatoms. The maximum absolute atomic E-state index is 13.6. The van der Waals surface area contributed by atoms with Gasteiger partial charge in [-0.3, -0.25) is 4.79 Å². The molecule has 1 aliphatic heterocycles. The minimum atomic E-state index is -0.170. The fraction of sp³-hybridized carbons (Fsp3) is 0.632. The molecule has 1 heterocycles. The third-order valence-electron chi connectivity index (χ3n) is 4.84. The van der Waals surface area contributed by atoms with Gasteiger partial charge in [0, 0.05) is 19.0 Å². The van der Waals surface area contributed by atoms with E-state index < -0.39 is 0 Å². The number of benzene rings is 1. The molecule has 1 aromatic rings. The highest BCUT2D eigenvalue weighted by Gasteiger charge is 2.25. The third kappa shape index (κ3) is 5.31. The molecule has 1 unspecified atom stereocenters. The van der Waals surface area contributed by atoms with Crippen molar-refractivity contribution >= 4 is 5.91 Å². The minimum absolute atomic E-state index is 0.0417. The Labute approximate surface area is 139 Å². The molecule has 0 radical (unpaired) electrons. The average molecular weight is 320 g/mol. The van der Waals surface area contributed by atoms with Crippen LogP contribution in [0.1, 0.15) is 38.7 Å². The van der Waals surface area contributed by atoms with Gasteiger partial charge in [-0.2, -0.15) is 0 Å². The molecule has 128 valence electrons. The first-order valence-corrected chi connectivity index (χ1v) is 8.84. The molecule has 0 aliphatic carbocycles. The Hall–Kier alpha value is -1.42. The molecule has 1 N–H and O–H groups in total. The summed E-state index contributed by atoms with van der Waals surface area (Å²) in [5.74, 6) is 0.701. The molecular formula is C19H29FN2O. The molecule has 0 saturated carbocycles. The summed E-state index contributed by atoms with van der Waals surface area (Å²) in [6, 6.07) is 6.83. The van der Waals surface area contributed by atoms with Crippen LogP contribution in [0.2, 0.25) is 0 Å². The molecular weight excluding hydrogens is 291 g/mol. The molecule has 23 heavy (non-hydrogen) atoms. The monoisotopic (exact) mass is 320 g/mol. The van der Waals surface area contributed by atoms with Gasteiger partial charge in [0.15, 0.2) is 0 Å². The summed E-state index contributed by atoms with van der Waals surface area (Å²) in [4.78, 5) is 14.5. The van der Waals surface area contributed by atoms with Crippen LogP contribution >= 0.6 is 0 Å². The average Bonchev–Trinajstić information content (AvgIpc) is 2.59. The van der Waals surface area contributed by atoms with E-state index in [9.17, 15) is 9.18 Å². The number of rotatable bonds is 7. The molecule has 1 aliphatic rings. The van der Waals surface area contributed by atoms with Gasteiger partial charge in [-0.25, -0.2) is 4.39 Å². The zero-order chi connectivity index (χ0) is 16.7. The third-order valence-corrected chi connectivity index (χ3v) is 4.84. The number of nitrogens with one attached hydrogen (secondary N) is 1. The van der Waals surface area contributed by atoms with E-state index in [1.807, 2.05) is 17.9 Å². The molecule has 1 amide bonds. The number of carbonyl (C=O) groups excluding carboxylic acids is 1. The number of hydrogen-bond donors (Lipinski definition) is 1. The summed E-state index contributed by atoms with van der Waals surface area (Å²) in [6.07, 6.45) is 3.49. The fourth-order valence-electron chi connectivity index (χ4n) is 3.21. The lowest BCUT2D eigenvalue weighted by molar-refractivity contribution is -0.136. The van der Waals surface area contributed by atoms with E-state index in [2.05, 4.69) is 12.2 Å². The Balaban J connectivity index is 1.76. The zero-order valence-electron chi connectivity index (χ0n) is 14.4. The summed E-state index contributed by atoms with van der Waals surface area (Å²) in [6.45, 7) is 7.87. The van der Waals surface area contributed by atoms with Gasteiger partial charge in [0.25, 0.3) is 0 Å². The first-order chi connectivity index (χ1) is 11.1. The van der Waals surface area contributed by atoms with Gasteiger partial charge in [0.1, 0.15) is 5.82 Å². The second kappa shape index (κ2) is 9.02. The van der Waals surface area contributed by atoms with Gasteiger partial charge < -0.3 is 10.2 Å². The van der Waals surface area contributed by atoms with Crippen LogP contribution in [-0.4, -0.2) is 37.0 Å². The summed E-state index contributed by atoms with van der Waals surface area (Å²) >= 11 is 0. The number of hydrogen-bond acceptors (Lipinski definition) is 2. The Morgan fingerprint density at radius 1 is 1.35 bits per heavy atom. The topological polar surface area (TPSA) is 32.3 Å². The lowest BCUT2D eigenvalue weighted by Gasteiger charge is -2.33. The first kappa shape index (κ1) is 17.9. The van der Waals surface area contributed by atoms with Crippen molar-refractivity contribution in [1.29, 1.82) is 0 Å². The van der Waals surface area contributed by atoms with Crippen molar-refractivity contribution in [3.63, 3.8) is 0 Å². The molecule has 0 spiro atoms. The SMILES string of the molecule is CCNCC1CCN(C(=O)C(C)CCc2ccccc2F)CC1. The van der Waals surface area contributed by atoms with Crippen molar-refractivity contribution in [2.24, 2.45) is 11.8 Å². The summed E-state index contributed by atoms with van der Waals surface area (Å²) in [5, 5.41) is 3.39. The number of likely N-dealkylation sites (tertiary alicyclic amines) is 1. The largest absolute Gasteiger partial charge is 0.342 e. The van der Waals surface area contributed by atoms with Crippen molar-refractivity contribution in [2.45, 2.75) is 39.5 Å². The van der Waals surface area contributed by atoms with E-state index in [-0.39, 0.29) is 17.6 Å². The standard InChI is InChI=1S/C19H29FN2O/c1-3-21-14-16-10-12-22(13-11-16)19(23)15(2)8-9-17-6-4-5-7-18(17)20/h4-7,15-16,21H,3,8-14H2,1-2H3. The van der Waals surface area contributed by atoms with Crippen molar-refractivity contribution in [2.75, 3.05) is 26.2 Å². The first-order valence-electron chi connectivity index (χ1n) is 8.84. The fourth-order valence-corrected chi connectivity index (χ4v) is 3.21. The van der Waals surface area contributed by atoms with E-state index in [1.54, 1.807) is 12.1 Å². The number of carbonyl (C=O) groups is 1. The lowest BCUT2D eigenvalue weighted by atomic mass is 9.94. The van der Waals surface area contributed by atoms with E-state index in [4.69, 9.17) is 0 Å². The number of halogens is 1. The Morgan fingerprint density at radius 2 is 2.04 bits per heavy atom. The Kier molecular flexibility index (Phi) is 7.03. The summed E-state index contributed by atoms with van der Waals surface area (Å²) < 4.78 is 13.6. The van der Waals surface area contributed by atoms with Crippen molar-refractivity contribution in [3.05, 3.63) is 35.6 Å². The van der Waals surface area contributed by atoms with Gasteiger partial charge in [-0.15, -0.1) is 0 Å². The van der Waals surface area contributed by atoms with Gasteiger partial charge >= 0.3 is 0 Å². The minimum Gasteiger partial charge on any atom is -0.342 e. The zero-order valence-corrected chi connectivity index (χ0v) is 14.4. The number of amides is 1. The highest BCUT2D eigenvalue weighted by Crippen LogP contribution is 2.20. The maximum atomic E-state index is 13.6. The van der Waals surface area contributed by atoms with Crippen LogP contribution in [0.15, 0.2) is 24.3 Å². The number of aryl methyl sites for hydroxylation is 1. The van der Waals surface area contributed by atoms with Crippen molar-refractivity contribution in [3.8, 4) is 0 Å². The van der Waals surface area contributed by atoms with Crippen LogP contribution in [0.25, 0.3) is 0 Å². The highest BCUT2D eigenvalue weighted by atomic mass is 19.1. The summed E-state index contributed by atoms with van der Waals surface area (Å²) in [5.41, 5.74) is 0.705. The molecule has 3 nitrogen and oxygen atoms in total. The van der Waals surface area contributed by atoms with E-state index in [0.717, 1.165) is 39.0 Å². The predicted octanol–water partition coefficient (Wildman–Crippen LogP) is 3.24. The van der Waals surface area contributed by atoms with Crippen LogP contribution in [0.4, 0.5) is 4.39 Å². The molecule has 1 atom stereocenters.